The van der Waals surface area contributed by atoms with Gasteiger partial charge in [-0.2, -0.15) is 0 Å². The number of para-hydroxylation sites is 1. The van der Waals surface area contributed by atoms with E-state index in [2.05, 4.69) is 4.98 Å². The lowest BCUT2D eigenvalue weighted by atomic mass is 10.2. The minimum Gasteiger partial charge on any atom is -0.296 e. The first-order chi connectivity index (χ1) is 9.70. The molecule has 0 aliphatic carbocycles. The van der Waals surface area contributed by atoms with Gasteiger partial charge in [0, 0.05) is 18.0 Å². The van der Waals surface area contributed by atoms with Crippen molar-refractivity contribution in [2.45, 2.75) is 6.42 Å². The smallest absolute Gasteiger partial charge is 0.151 e. The van der Waals surface area contributed by atoms with Gasteiger partial charge in [-0.1, -0.05) is 6.07 Å². The molecule has 0 bridgehead atoms. The Kier molecular flexibility index (Phi) is 3.40. The van der Waals surface area contributed by atoms with Gasteiger partial charge < -0.3 is 0 Å². The van der Waals surface area contributed by atoms with Crippen molar-refractivity contribution in [1.82, 2.24) is 9.55 Å². The molecule has 0 saturated heterocycles. The van der Waals surface area contributed by atoms with E-state index in [1.165, 1.54) is 18.2 Å². The fourth-order valence-corrected chi connectivity index (χ4v) is 2.41. The lowest BCUT2D eigenvalue weighted by molar-refractivity contribution is 0.627. The van der Waals surface area contributed by atoms with Crippen LogP contribution in [0.3, 0.4) is 0 Å². The van der Waals surface area contributed by atoms with Crippen molar-refractivity contribution < 1.29 is 8.78 Å². The largest absolute Gasteiger partial charge is 0.296 e. The monoisotopic (exact) mass is 292 g/mol. The van der Waals surface area contributed by atoms with Crippen LogP contribution >= 0.6 is 11.6 Å². The second kappa shape index (κ2) is 5.21. The van der Waals surface area contributed by atoms with Gasteiger partial charge in [-0.05, 0) is 36.4 Å². The van der Waals surface area contributed by atoms with Crippen LogP contribution in [0.1, 0.15) is 5.82 Å². The van der Waals surface area contributed by atoms with E-state index in [9.17, 15) is 8.78 Å². The third-order valence-electron chi connectivity index (χ3n) is 3.11. The van der Waals surface area contributed by atoms with Gasteiger partial charge in [0.2, 0.25) is 0 Å². The van der Waals surface area contributed by atoms with E-state index in [-0.39, 0.29) is 11.6 Å². The number of hydrogen-bond acceptors (Lipinski definition) is 1. The first kappa shape index (κ1) is 13.1. The molecular weight excluding hydrogens is 282 g/mol. The summed E-state index contributed by atoms with van der Waals surface area (Å²) < 4.78 is 28.7. The SMILES string of the molecule is Fc1ccc(-n2c(CCCl)nc3c(F)cccc32)cc1. The first-order valence-corrected chi connectivity index (χ1v) is 6.72. The molecule has 0 unspecified atom stereocenters. The quantitative estimate of drug-likeness (QED) is 0.665. The highest BCUT2D eigenvalue weighted by Crippen LogP contribution is 2.24. The first-order valence-electron chi connectivity index (χ1n) is 6.18. The fourth-order valence-electron chi connectivity index (χ4n) is 2.24. The Labute approximate surface area is 119 Å². The summed E-state index contributed by atoms with van der Waals surface area (Å²) in [6, 6.07) is 10.8. The average molecular weight is 293 g/mol. The van der Waals surface area contributed by atoms with Crippen molar-refractivity contribution in [3.63, 3.8) is 0 Å². The molecule has 0 amide bonds. The Morgan fingerprint density at radius 2 is 1.80 bits per heavy atom. The number of hydrogen-bond donors (Lipinski definition) is 0. The number of aromatic nitrogens is 2. The Balaban J connectivity index is 2.28. The maximum atomic E-state index is 13.8. The highest BCUT2D eigenvalue weighted by Gasteiger charge is 2.14. The van der Waals surface area contributed by atoms with E-state index < -0.39 is 0 Å². The van der Waals surface area contributed by atoms with Crippen molar-refractivity contribution in [2.75, 3.05) is 5.88 Å². The maximum Gasteiger partial charge on any atom is 0.151 e. The molecule has 1 heterocycles. The minimum atomic E-state index is -0.376. The molecule has 3 aromatic rings. The Hall–Kier alpha value is -1.94. The van der Waals surface area contributed by atoms with Crippen LogP contribution < -0.4 is 0 Å². The van der Waals surface area contributed by atoms with Gasteiger partial charge in [0.1, 0.15) is 17.2 Å². The number of aryl methyl sites for hydroxylation is 1. The summed E-state index contributed by atoms with van der Waals surface area (Å²) in [7, 11) is 0. The van der Waals surface area contributed by atoms with Gasteiger partial charge in [0.25, 0.3) is 0 Å². The summed E-state index contributed by atoms with van der Waals surface area (Å²) in [4.78, 5) is 4.31. The second-order valence-corrected chi connectivity index (χ2v) is 4.76. The molecule has 0 spiro atoms. The van der Waals surface area contributed by atoms with Gasteiger partial charge in [0.05, 0.1) is 5.52 Å². The molecule has 2 nitrogen and oxygen atoms in total. The highest BCUT2D eigenvalue weighted by atomic mass is 35.5. The Bertz CT molecular complexity index is 750. The zero-order chi connectivity index (χ0) is 14.1. The van der Waals surface area contributed by atoms with E-state index in [0.29, 0.717) is 29.2 Å². The number of fused-ring (bicyclic) bond motifs is 1. The van der Waals surface area contributed by atoms with Crippen LogP contribution in [0.15, 0.2) is 42.5 Å². The number of rotatable bonds is 3. The lowest BCUT2D eigenvalue weighted by Crippen LogP contribution is -2.02. The molecule has 20 heavy (non-hydrogen) atoms. The van der Waals surface area contributed by atoms with Gasteiger partial charge in [-0.15, -0.1) is 11.6 Å². The van der Waals surface area contributed by atoms with E-state index in [1.807, 2.05) is 0 Å². The topological polar surface area (TPSA) is 17.8 Å². The van der Waals surface area contributed by atoms with Crippen LogP contribution in [0.4, 0.5) is 8.78 Å². The van der Waals surface area contributed by atoms with Crippen LogP contribution in [0.2, 0.25) is 0 Å². The predicted octanol–water partition coefficient (Wildman–Crippen LogP) is 4.09. The van der Waals surface area contributed by atoms with E-state index in [0.717, 1.165) is 5.69 Å². The number of alkyl halides is 1. The zero-order valence-corrected chi connectivity index (χ0v) is 11.2. The Morgan fingerprint density at radius 1 is 1.05 bits per heavy atom. The normalized spacial score (nSPS) is 11.2. The molecular formula is C15H11ClF2N2. The average Bonchev–Trinajstić information content (AvgIpc) is 2.80. The molecule has 0 radical (unpaired) electrons. The van der Waals surface area contributed by atoms with Crippen molar-refractivity contribution >= 4 is 22.6 Å². The fraction of sp³-hybridized carbons (Fsp3) is 0.133. The summed E-state index contributed by atoms with van der Waals surface area (Å²) in [5, 5.41) is 0. The summed E-state index contributed by atoms with van der Waals surface area (Å²) in [5.74, 6) is 0.348. The van der Waals surface area contributed by atoms with Crippen molar-refractivity contribution in [1.29, 1.82) is 0 Å². The molecule has 2 aromatic carbocycles. The molecule has 3 rings (SSSR count). The molecule has 5 heteroatoms. The van der Waals surface area contributed by atoms with Gasteiger partial charge in [-0.3, -0.25) is 4.57 Å². The van der Waals surface area contributed by atoms with Crippen LogP contribution in [0, 0.1) is 11.6 Å². The molecule has 0 fully saturated rings. The predicted molar refractivity (Wildman–Crippen MR) is 75.4 cm³/mol. The highest BCUT2D eigenvalue weighted by molar-refractivity contribution is 6.17. The molecule has 0 aliphatic heterocycles. The molecule has 1 aromatic heterocycles. The molecule has 0 aliphatic rings. The van der Waals surface area contributed by atoms with Gasteiger partial charge in [0.15, 0.2) is 5.82 Å². The van der Waals surface area contributed by atoms with E-state index in [1.54, 1.807) is 28.8 Å². The van der Waals surface area contributed by atoms with Crippen LogP contribution in [-0.4, -0.2) is 15.4 Å². The third-order valence-corrected chi connectivity index (χ3v) is 3.30. The number of benzene rings is 2. The second-order valence-electron chi connectivity index (χ2n) is 4.39. The minimum absolute atomic E-state index is 0.303. The Morgan fingerprint density at radius 3 is 2.50 bits per heavy atom. The summed E-state index contributed by atoms with van der Waals surface area (Å²) in [6.07, 6.45) is 0.507. The molecule has 0 atom stereocenters. The van der Waals surface area contributed by atoms with Crippen molar-refractivity contribution in [3.05, 3.63) is 59.9 Å². The van der Waals surface area contributed by atoms with Crippen molar-refractivity contribution in [2.24, 2.45) is 0 Å². The van der Waals surface area contributed by atoms with Crippen LogP contribution in [0.25, 0.3) is 16.7 Å². The summed E-state index contributed by atoms with van der Waals surface area (Å²) in [6.45, 7) is 0. The summed E-state index contributed by atoms with van der Waals surface area (Å²) >= 11 is 5.78. The summed E-state index contributed by atoms with van der Waals surface area (Å²) in [5.41, 5.74) is 1.69. The zero-order valence-electron chi connectivity index (χ0n) is 10.5. The molecule has 0 saturated carbocycles. The lowest BCUT2D eigenvalue weighted by Gasteiger charge is -2.08. The van der Waals surface area contributed by atoms with E-state index in [4.69, 9.17) is 11.6 Å². The van der Waals surface area contributed by atoms with Gasteiger partial charge >= 0.3 is 0 Å². The van der Waals surface area contributed by atoms with E-state index >= 15 is 0 Å². The third kappa shape index (κ3) is 2.16. The maximum absolute atomic E-state index is 13.8. The molecule has 102 valence electrons. The number of nitrogens with zero attached hydrogens (tertiary/aromatic N) is 2. The number of imidazole rings is 1. The standard InChI is InChI=1S/C15H11ClF2N2/c16-9-8-14-19-15-12(18)2-1-3-13(15)20(14)11-6-4-10(17)5-7-11/h1-7H,8-9H2. The van der Waals surface area contributed by atoms with Crippen LogP contribution in [0.5, 0.6) is 0 Å². The van der Waals surface area contributed by atoms with Crippen molar-refractivity contribution in [3.8, 4) is 5.69 Å². The van der Waals surface area contributed by atoms with Gasteiger partial charge in [-0.25, -0.2) is 13.8 Å². The number of halogens is 3. The molecule has 0 N–H and O–H groups in total. The van der Waals surface area contributed by atoms with Crippen LogP contribution in [-0.2, 0) is 6.42 Å².